The Bertz CT molecular complexity index is 945. The highest BCUT2D eigenvalue weighted by Crippen LogP contribution is 2.56. The first-order valence-corrected chi connectivity index (χ1v) is 11.1. The van der Waals surface area contributed by atoms with Crippen LogP contribution in [0.2, 0.25) is 0 Å². The topological polar surface area (TPSA) is 53.6 Å². The first-order valence-electron chi connectivity index (χ1n) is 11.1. The molecule has 1 saturated heterocycles. The Kier molecular flexibility index (Phi) is 5.03. The van der Waals surface area contributed by atoms with Crippen LogP contribution >= 0.6 is 0 Å². The van der Waals surface area contributed by atoms with Gasteiger partial charge in [-0.25, -0.2) is 0 Å². The summed E-state index contributed by atoms with van der Waals surface area (Å²) >= 11 is 0. The van der Waals surface area contributed by atoms with E-state index < -0.39 is 0 Å². The van der Waals surface area contributed by atoms with Crippen molar-refractivity contribution >= 4 is 11.6 Å². The van der Waals surface area contributed by atoms with Crippen molar-refractivity contribution in [3.05, 3.63) is 59.2 Å². The van der Waals surface area contributed by atoms with Crippen LogP contribution in [0, 0.1) is 5.92 Å². The lowest BCUT2D eigenvalue weighted by molar-refractivity contribution is -0.119. The first kappa shape index (κ1) is 19.6. The van der Waals surface area contributed by atoms with Crippen LogP contribution in [0.1, 0.15) is 54.8 Å². The van der Waals surface area contributed by atoms with Gasteiger partial charge in [0.1, 0.15) is 5.75 Å². The van der Waals surface area contributed by atoms with Crippen molar-refractivity contribution in [2.24, 2.45) is 5.92 Å². The van der Waals surface area contributed by atoms with E-state index in [4.69, 9.17) is 4.74 Å². The average molecular weight is 406 g/mol. The molecule has 0 bridgehead atoms. The van der Waals surface area contributed by atoms with E-state index >= 15 is 0 Å². The zero-order valence-corrected chi connectivity index (χ0v) is 18.0. The number of hydrogen-bond donors (Lipinski definition) is 2. The van der Waals surface area contributed by atoms with Crippen LogP contribution in [0.15, 0.2) is 42.5 Å². The highest BCUT2D eigenvalue weighted by Gasteiger charge is 2.50. The van der Waals surface area contributed by atoms with Gasteiger partial charge in [0.25, 0.3) is 0 Å². The highest BCUT2D eigenvalue weighted by molar-refractivity contribution is 6.01. The second-order valence-corrected chi connectivity index (χ2v) is 9.09. The summed E-state index contributed by atoms with van der Waals surface area (Å²) in [4.78, 5) is 14.3. The molecule has 3 aliphatic rings. The SMILES string of the molecule is COc1cc2c(cc1CN[C@@H]1CC[C@@H](C)N[C@@H]1c1ccccc1)N(C)C(=O)C1CC21. The van der Waals surface area contributed by atoms with Crippen molar-refractivity contribution in [2.75, 3.05) is 19.1 Å². The molecule has 5 rings (SSSR count). The Labute approximate surface area is 178 Å². The summed E-state index contributed by atoms with van der Waals surface area (Å²) in [6.45, 7) is 2.98. The van der Waals surface area contributed by atoms with Gasteiger partial charge < -0.3 is 20.3 Å². The van der Waals surface area contributed by atoms with E-state index in [1.165, 1.54) is 11.1 Å². The summed E-state index contributed by atoms with van der Waals surface area (Å²) in [7, 11) is 3.64. The number of ether oxygens (including phenoxy) is 1. The van der Waals surface area contributed by atoms with E-state index in [1.807, 2.05) is 11.9 Å². The van der Waals surface area contributed by atoms with Gasteiger partial charge in [0.15, 0.2) is 0 Å². The third-order valence-corrected chi connectivity index (χ3v) is 7.12. The smallest absolute Gasteiger partial charge is 0.230 e. The van der Waals surface area contributed by atoms with Crippen molar-refractivity contribution < 1.29 is 9.53 Å². The molecule has 2 unspecified atom stereocenters. The summed E-state index contributed by atoms with van der Waals surface area (Å²) < 4.78 is 5.75. The highest BCUT2D eigenvalue weighted by atomic mass is 16.5. The Morgan fingerprint density at radius 1 is 1.17 bits per heavy atom. The molecular formula is C25H31N3O2. The van der Waals surface area contributed by atoms with Gasteiger partial charge in [-0.05, 0) is 55.4 Å². The van der Waals surface area contributed by atoms with Crippen LogP contribution in [0.3, 0.4) is 0 Å². The minimum atomic E-state index is 0.179. The number of carbonyl (C=O) groups is 1. The molecule has 1 saturated carbocycles. The lowest BCUT2D eigenvalue weighted by Gasteiger charge is -2.37. The van der Waals surface area contributed by atoms with Gasteiger partial charge in [0.05, 0.1) is 7.11 Å². The number of nitrogens with zero attached hydrogens (tertiary/aromatic N) is 1. The Balaban J connectivity index is 1.38. The summed E-state index contributed by atoms with van der Waals surface area (Å²) in [5.74, 6) is 1.73. The number of hydrogen-bond acceptors (Lipinski definition) is 4. The van der Waals surface area contributed by atoms with Crippen LogP contribution in [-0.4, -0.2) is 32.1 Å². The molecule has 2 aromatic carbocycles. The predicted octanol–water partition coefficient (Wildman–Crippen LogP) is 3.75. The molecule has 158 valence electrons. The molecule has 2 N–H and O–H groups in total. The number of nitrogens with one attached hydrogen (secondary N) is 2. The fourth-order valence-electron chi connectivity index (χ4n) is 5.27. The largest absolute Gasteiger partial charge is 0.496 e. The number of benzene rings is 2. The molecule has 1 aliphatic carbocycles. The van der Waals surface area contributed by atoms with Gasteiger partial charge in [0, 0.05) is 48.9 Å². The molecule has 30 heavy (non-hydrogen) atoms. The van der Waals surface area contributed by atoms with Gasteiger partial charge in [-0.1, -0.05) is 30.3 Å². The van der Waals surface area contributed by atoms with Crippen LogP contribution in [0.5, 0.6) is 5.75 Å². The minimum Gasteiger partial charge on any atom is -0.496 e. The monoisotopic (exact) mass is 405 g/mol. The third kappa shape index (κ3) is 3.40. The molecule has 5 atom stereocenters. The molecule has 1 amide bonds. The molecule has 2 aliphatic heterocycles. The molecule has 0 spiro atoms. The zero-order chi connectivity index (χ0) is 20.8. The number of carbonyl (C=O) groups excluding carboxylic acids is 1. The Morgan fingerprint density at radius 2 is 1.97 bits per heavy atom. The van der Waals surface area contributed by atoms with Crippen LogP contribution in [0.4, 0.5) is 5.69 Å². The maximum Gasteiger partial charge on any atom is 0.230 e. The van der Waals surface area contributed by atoms with E-state index in [1.54, 1.807) is 7.11 Å². The fourth-order valence-corrected chi connectivity index (χ4v) is 5.27. The normalized spacial score (nSPS) is 29.9. The molecule has 5 nitrogen and oxygen atoms in total. The van der Waals surface area contributed by atoms with Crippen LogP contribution in [-0.2, 0) is 11.3 Å². The maximum atomic E-state index is 12.5. The number of methoxy groups -OCH3 is 1. The van der Waals surface area contributed by atoms with Crippen molar-refractivity contribution in [1.82, 2.24) is 10.6 Å². The van der Waals surface area contributed by atoms with Crippen LogP contribution < -0.4 is 20.3 Å². The third-order valence-electron chi connectivity index (χ3n) is 7.12. The number of amides is 1. The van der Waals surface area contributed by atoms with E-state index in [2.05, 4.69) is 60.0 Å². The maximum absolute atomic E-state index is 12.5. The number of anilines is 1. The molecule has 2 aromatic rings. The lowest BCUT2D eigenvalue weighted by atomic mass is 9.89. The van der Waals surface area contributed by atoms with Gasteiger partial charge in [-0.2, -0.15) is 0 Å². The standard InChI is InChI=1S/C25H31N3O2/c1-15-9-10-21(24(27-15)16-7-5-4-6-8-16)26-14-17-11-22-19(13-23(17)30-3)18-12-20(18)25(29)28(22)2/h4-8,11,13,15,18,20-21,24,26-27H,9-10,12,14H2,1-3H3/t15-,18?,20?,21-,24-/m1/s1. The number of piperidine rings is 1. The number of fused-ring (bicyclic) bond motifs is 3. The van der Waals surface area contributed by atoms with Gasteiger partial charge >= 0.3 is 0 Å². The van der Waals surface area contributed by atoms with Gasteiger partial charge in [0.2, 0.25) is 5.91 Å². The predicted molar refractivity (Wildman–Crippen MR) is 119 cm³/mol. The van der Waals surface area contributed by atoms with Gasteiger partial charge in [-0.3, -0.25) is 4.79 Å². The Morgan fingerprint density at radius 3 is 2.73 bits per heavy atom. The van der Waals surface area contributed by atoms with E-state index in [-0.39, 0.29) is 17.9 Å². The minimum absolute atomic E-state index is 0.179. The summed E-state index contributed by atoms with van der Waals surface area (Å²) in [6, 6.07) is 16.2. The molecule has 5 heteroatoms. The average Bonchev–Trinajstić information content (AvgIpc) is 3.58. The van der Waals surface area contributed by atoms with E-state index in [9.17, 15) is 4.79 Å². The van der Waals surface area contributed by atoms with Crippen molar-refractivity contribution in [2.45, 2.75) is 56.8 Å². The summed E-state index contributed by atoms with van der Waals surface area (Å²) in [6.07, 6.45) is 3.26. The Hall–Kier alpha value is -2.37. The quantitative estimate of drug-likeness (QED) is 0.796. The molecule has 2 heterocycles. The molecule has 0 radical (unpaired) electrons. The molecule has 0 aromatic heterocycles. The van der Waals surface area contributed by atoms with E-state index in [0.29, 0.717) is 18.0 Å². The van der Waals surface area contributed by atoms with Crippen LogP contribution in [0.25, 0.3) is 0 Å². The zero-order valence-electron chi connectivity index (χ0n) is 18.0. The van der Waals surface area contributed by atoms with Crippen molar-refractivity contribution in [3.8, 4) is 5.75 Å². The summed E-state index contributed by atoms with van der Waals surface area (Å²) in [5.41, 5.74) is 4.74. The fraction of sp³-hybridized carbons (Fsp3) is 0.480. The van der Waals surface area contributed by atoms with Crippen molar-refractivity contribution in [3.63, 3.8) is 0 Å². The first-order chi connectivity index (χ1) is 14.6. The molecular weight excluding hydrogens is 374 g/mol. The lowest BCUT2D eigenvalue weighted by Crippen LogP contribution is -2.49. The summed E-state index contributed by atoms with van der Waals surface area (Å²) in [5, 5.41) is 7.57. The van der Waals surface area contributed by atoms with Gasteiger partial charge in [-0.15, -0.1) is 0 Å². The molecule has 2 fully saturated rings. The van der Waals surface area contributed by atoms with E-state index in [0.717, 1.165) is 42.8 Å². The second kappa shape index (κ2) is 7.71. The number of rotatable bonds is 5. The second-order valence-electron chi connectivity index (χ2n) is 9.09. The van der Waals surface area contributed by atoms with Crippen molar-refractivity contribution in [1.29, 1.82) is 0 Å².